The molecular weight excluding hydrogens is 334 g/mol. The zero-order valence-corrected chi connectivity index (χ0v) is 14.9. The van der Waals surface area contributed by atoms with Crippen LogP contribution in [-0.4, -0.2) is 49.0 Å². The lowest BCUT2D eigenvalue weighted by molar-refractivity contribution is -0.146. The summed E-state index contributed by atoms with van der Waals surface area (Å²) in [5, 5.41) is 0. The van der Waals surface area contributed by atoms with Gasteiger partial charge in [-0.2, -0.15) is 0 Å². The summed E-state index contributed by atoms with van der Waals surface area (Å²) in [7, 11) is 0. The largest absolute Gasteiger partial charge is 0.465 e. The second-order valence-electron chi connectivity index (χ2n) is 6.21. The minimum Gasteiger partial charge on any atom is -0.465 e. The summed E-state index contributed by atoms with van der Waals surface area (Å²) in [4.78, 5) is 36.8. The van der Waals surface area contributed by atoms with Crippen molar-refractivity contribution in [1.82, 2.24) is 4.90 Å². The Balaban J connectivity index is 1.56. The number of benzene rings is 1. The summed E-state index contributed by atoms with van der Waals surface area (Å²) < 4.78 is 10.2. The molecule has 2 rings (SSSR count). The molecule has 0 bridgehead atoms. The Morgan fingerprint density at radius 2 is 1.88 bits per heavy atom. The lowest BCUT2D eigenvalue weighted by Crippen LogP contribution is -2.26. The van der Waals surface area contributed by atoms with E-state index in [1.165, 1.54) is 0 Å². The molecule has 0 atom stereocenters. The Morgan fingerprint density at radius 3 is 2.58 bits per heavy atom. The Kier molecular flexibility index (Phi) is 7.86. The average molecular weight is 359 g/mol. The third-order valence-corrected chi connectivity index (χ3v) is 4.12. The van der Waals surface area contributed by atoms with Gasteiger partial charge in [-0.05, 0) is 18.4 Å². The lowest BCUT2D eigenvalue weighted by atomic mass is 10.2. The van der Waals surface area contributed by atoms with Gasteiger partial charge in [-0.15, -0.1) is 0 Å². The Morgan fingerprint density at radius 1 is 1.12 bits per heavy atom. The topological polar surface area (TPSA) is 72.9 Å². The quantitative estimate of drug-likeness (QED) is 0.364. The van der Waals surface area contributed by atoms with Crippen LogP contribution < -0.4 is 0 Å². The van der Waals surface area contributed by atoms with E-state index in [0.29, 0.717) is 25.8 Å². The van der Waals surface area contributed by atoms with Gasteiger partial charge in [-0.1, -0.05) is 36.9 Å². The Labute approximate surface area is 153 Å². The second-order valence-corrected chi connectivity index (χ2v) is 6.21. The molecule has 6 nitrogen and oxygen atoms in total. The van der Waals surface area contributed by atoms with Crippen molar-refractivity contribution >= 4 is 17.8 Å². The smallest absolute Gasteiger partial charge is 0.333 e. The van der Waals surface area contributed by atoms with Gasteiger partial charge in [0.2, 0.25) is 5.91 Å². The minimum atomic E-state index is -0.599. The summed E-state index contributed by atoms with van der Waals surface area (Å²) in [6.45, 7) is 5.40. The van der Waals surface area contributed by atoms with E-state index in [4.69, 9.17) is 9.47 Å². The number of esters is 2. The van der Waals surface area contributed by atoms with Crippen LogP contribution in [0, 0.1) is 0 Å². The molecule has 1 aromatic carbocycles. The predicted octanol–water partition coefficient (Wildman–Crippen LogP) is 2.27. The molecule has 1 aliphatic heterocycles. The highest BCUT2D eigenvalue weighted by atomic mass is 16.5. The van der Waals surface area contributed by atoms with Crippen molar-refractivity contribution in [3.63, 3.8) is 0 Å². The first-order valence-corrected chi connectivity index (χ1v) is 8.88. The highest BCUT2D eigenvalue weighted by molar-refractivity contribution is 5.93. The zero-order valence-electron chi connectivity index (χ0n) is 14.9. The summed E-state index contributed by atoms with van der Waals surface area (Å²) in [5.41, 5.74) is 1.15. The van der Waals surface area contributed by atoms with Crippen molar-refractivity contribution in [3.05, 3.63) is 48.0 Å². The molecule has 1 heterocycles. The van der Waals surface area contributed by atoms with Crippen molar-refractivity contribution in [3.8, 4) is 0 Å². The van der Waals surface area contributed by atoms with E-state index >= 15 is 0 Å². The number of nitrogens with zero attached hydrogens (tertiary/aromatic N) is 1. The number of ether oxygens (including phenoxy) is 2. The number of hydrogen-bond acceptors (Lipinski definition) is 5. The monoisotopic (exact) mass is 359 g/mol. The van der Waals surface area contributed by atoms with Crippen LogP contribution in [0.3, 0.4) is 0 Å². The fourth-order valence-corrected chi connectivity index (χ4v) is 2.69. The molecule has 0 unspecified atom stereocenters. The lowest BCUT2D eigenvalue weighted by Gasteiger charge is -2.15. The highest BCUT2D eigenvalue weighted by Crippen LogP contribution is 2.10. The molecule has 26 heavy (non-hydrogen) atoms. The van der Waals surface area contributed by atoms with Crippen molar-refractivity contribution in [2.45, 2.75) is 32.1 Å². The van der Waals surface area contributed by atoms with Gasteiger partial charge in [-0.3, -0.25) is 9.59 Å². The normalized spacial score (nSPS) is 13.5. The molecule has 6 heteroatoms. The van der Waals surface area contributed by atoms with Crippen LogP contribution in [0.15, 0.2) is 42.5 Å². The first kappa shape index (κ1) is 19.7. The van der Waals surface area contributed by atoms with Gasteiger partial charge in [-0.25, -0.2) is 4.79 Å². The first-order valence-electron chi connectivity index (χ1n) is 8.88. The maximum absolute atomic E-state index is 11.8. The number of rotatable bonds is 10. The Hall–Kier alpha value is -2.63. The van der Waals surface area contributed by atoms with E-state index in [1.807, 2.05) is 30.3 Å². The molecule has 0 radical (unpaired) electrons. The van der Waals surface area contributed by atoms with Gasteiger partial charge in [0, 0.05) is 31.5 Å². The van der Waals surface area contributed by atoms with E-state index in [0.717, 1.165) is 18.5 Å². The van der Waals surface area contributed by atoms with Gasteiger partial charge in [0.15, 0.2) is 0 Å². The van der Waals surface area contributed by atoms with Crippen LogP contribution in [0.5, 0.6) is 0 Å². The zero-order chi connectivity index (χ0) is 18.8. The fraction of sp³-hybridized carbons (Fsp3) is 0.450. The summed E-state index contributed by atoms with van der Waals surface area (Å²) in [6, 6.07) is 9.69. The maximum Gasteiger partial charge on any atom is 0.333 e. The van der Waals surface area contributed by atoms with Gasteiger partial charge in [0.05, 0.1) is 19.6 Å². The van der Waals surface area contributed by atoms with Gasteiger partial charge in [0.1, 0.15) is 0 Å². The number of carbonyl (C=O) groups is 3. The van der Waals surface area contributed by atoms with Crippen LogP contribution in [0.4, 0.5) is 0 Å². The third-order valence-electron chi connectivity index (χ3n) is 4.12. The Bertz CT molecular complexity index is 641. The second kappa shape index (κ2) is 10.4. The van der Waals surface area contributed by atoms with E-state index in [9.17, 15) is 14.4 Å². The standard InChI is InChI=1S/C20H25NO5/c1-16(15-19(23)25-14-10-17-7-3-2-4-8-17)20(24)26-13-6-12-21-11-5-9-18(21)22/h2-4,7-8H,1,5-6,9-15H2. The van der Waals surface area contributed by atoms with Crippen molar-refractivity contribution in [2.75, 3.05) is 26.3 Å². The molecule has 0 N–H and O–H groups in total. The number of likely N-dealkylation sites (tertiary alicyclic amines) is 1. The summed E-state index contributed by atoms with van der Waals surface area (Å²) >= 11 is 0. The number of amides is 1. The van der Waals surface area contributed by atoms with Crippen LogP contribution in [-0.2, 0) is 30.3 Å². The number of hydrogen-bond donors (Lipinski definition) is 0. The molecule has 0 saturated carbocycles. The SMILES string of the molecule is C=C(CC(=O)OCCc1ccccc1)C(=O)OCCCN1CCCC1=O. The van der Waals surface area contributed by atoms with Crippen LogP contribution >= 0.6 is 0 Å². The molecule has 140 valence electrons. The first-order chi connectivity index (χ1) is 12.6. The molecule has 0 aliphatic carbocycles. The highest BCUT2D eigenvalue weighted by Gasteiger charge is 2.19. The average Bonchev–Trinajstić information content (AvgIpc) is 3.04. The van der Waals surface area contributed by atoms with Crippen LogP contribution in [0.1, 0.15) is 31.2 Å². The molecule has 1 fully saturated rings. The summed E-state index contributed by atoms with van der Waals surface area (Å²) in [5.74, 6) is -0.942. The van der Waals surface area contributed by atoms with Gasteiger partial charge >= 0.3 is 11.9 Å². The van der Waals surface area contributed by atoms with Gasteiger partial charge < -0.3 is 14.4 Å². The molecule has 0 spiro atoms. The molecule has 1 amide bonds. The number of carbonyl (C=O) groups excluding carboxylic acids is 3. The van der Waals surface area contributed by atoms with Crippen molar-refractivity contribution < 1.29 is 23.9 Å². The molecule has 1 aromatic rings. The predicted molar refractivity (Wildman–Crippen MR) is 96.3 cm³/mol. The minimum absolute atomic E-state index is 0.0759. The molecule has 1 aliphatic rings. The van der Waals surface area contributed by atoms with E-state index in [-0.39, 0.29) is 31.1 Å². The van der Waals surface area contributed by atoms with Gasteiger partial charge in [0.25, 0.3) is 0 Å². The molecule has 0 aromatic heterocycles. The van der Waals surface area contributed by atoms with Crippen LogP contribution in [0.25, 0.3) is 0 Å². The van der Waals surface area contributed by atoms with Crippen LogP contribution in [0.2, 0.25) is 0 Å². The van der Waals surface area contributed by atoms with Crippen molar-refractivity contribution in [2.24, 2.45) is 0 Å². The maximum atomic E-state index is 11.8. The summed E-state index contributed by atoms with van der Waals surface area (Å²) in [6.07, 6.45) is 2.51. The van der Waals surface area contributed by atoms with Crippen molar-refractivity contribution in [1.29, 1.82) is 0 Å². The van der Waals surface area contributed by atoms with E-state index in [1.54, 1.807) is 4.90 Å². The third kappa shape index (κ3) is 6.70. The van der Waals surface area contributed by atoms with E-state index in [2.05, 4.69) is 6.58 Å². The molecule has 1 saturated heterocycles. The molecular formula is C20H25NO5. The fourth-order valence-electron chi connectivity index (χ4n) is 2.69. The van der Waals surface area contributed by atoms with E-state index < -0.39 is 11.9 Å².